The van der Waals surface area contributed by atoms with Crippen molar-refractivity contribution in [2.45, 2.75) is 18.9 Å². The molecule has 0 bridgehead atoms. The molecule has 11 heteroatoms. The highest BCUT2D eigenvalue weighted by molar-refractivity contribution is 14.0. The van der Waals surface area contributed by atoms with Crippen molar-refractivity contribution in [2.24, 2.45) is 4.99 Å². The lowest BCUT2D eigenvalue weighted by Gasteiger charge is -2.21. The number of rotatable bonds is 9. The van der Waals surface area contributed by atoms with E-state index in [0.29, 0.717) is 19.5 Å². The lowest BCUT2D eigenvalue weighted by atomic mass is 10.2. The Morgan fingerprint density at radius 3 is 2.41 bits per heavy atom. The number of methoxy groups -OCH3 is 2. The molecule has 1 heterocycles. The molecule has 1 atom stereocenters. The first-order chi connectivity index (χ1) is 13.3. The summed E-state index contributed by atoms with van der Waals surface area (Å²) in [7, 11) is 1.88. The van der Waals surface area contributed by atoms with Gasteiger partial charge in [-0.3, -0.25) is 4.99 Å². The van der Waals surface area contributed by atoms with Crippen molar-refractivity contribution in [3.05, 3.63) is 18.2 Å². The Hall–Kier alpha value is -1.47. The van der Waals surface area contributed by atoms with E-state index in [-0.39, 0.29) is 30.0 Å². The molecule has 2 rings (SSSR count). The van der Waals surface area contributed by atoms with E-state index in [0.717, 1.165) is 48.9 Å². The molecule has 1 aromatic rings. The summed E-state index contributed by atoms with van der Waals surface area (Å²) in [6.45, 7) is 2.79. The predicted octanol–water partition coefficient (Wildman–Crippen LogP) is 1.00. The fourth-order valence-electron chi connectivity index (χ4n) is 3.03. The van der Waals surface area contributed by atoms with Crippen LogP contribution in [-0.2, 0) is 10.0 Å². The molecule has 1 unspecified atom stereocenters. The standard InChI is InChI=1S/C18H31N5O4S.HI/c1-19-18(20-7-5-8-21-28(4,24)25)22-14-6-9-23(13-14)15-10-16(26-2)12-17(11-15)27-3;/h10-12,14,21H,5-9,13H2,1-4H3,(H2,19,20,22);1H. The molecule has 1 fully saturated rings. The molecule has 1 aliphatic rings. The normalized spacial score (nSPS) is 16.9. The smallest absolute Gasteiger partial charge is 0.208 e. The van der Waals surface area contributed by atoms with Crippen molar-refractivity contribution in [2.75, 3.05) is 58.6 Å². The number of nitrogens with one attached hydrogen (secondary N) is 3. The number of halogens is 1. The van der Waals surface area contributed by atoms with Gasteiger partial charge in [0.05, 0.1) is 20.5 Å². The second kappa shape index (κ2) is 12.3. The molecular formula is C18H32IN5O4S. The number of hydrogen-bond donors (Lipinski definition) is 3. The first kappa shape index (κ1) is 25.6. The van der Waals surface area contributed by atoms with Crippen LogP contribution in [0.4, 0.5) is 5.69 Å². The average molecular weight is 541 g/mol. The minimum absolute atomic E-state index is 0. The summed E-state index contributed by atoms with van der Waals surface area (Å²) in [5.41, 5.74) is 1.07. The molecule has 1 aliphatic heterocycles. The van der Waals surface area contributed by atoms with Crippen LogP contribution in [0.25, 0.3) is 0 Å². The second-order valence-electron chi connectivity index (χ2n) is 6.67. The zero-order chi connectivity index (χ0) is 20.6. The van der Waals surface area contributed by atoms with Crippen molar-refractivity contribution in [1.29, 1.82) is 0 Å². The highest BCUT2D eigenvalue weighted by Gasteiger charge is 2.24. The predicted molar refractivity (Wildman–Crippen MR) is 128 cm³/mol. The Bertz CT molecular complexity index is 753. The molecule has 29 heavy (non-hydrogen) atoms. The Morgan fingerprint density at radius 2 is 1.86 bits per heavy atom. The summed E-state index contributed by atoms with van der Waals surface area (Å²) in [6.07, 6.45) is 2.81. The summed E-state index contributed by atoms with van der Waals surface area (Å²) in [5.74, 6) is 2.26. The number of benzene rings is 1. The topological polar surface area (TPSA) is 104 Å². The second-order valence-corrected chi connectivity index (χ2v) is 8.50. The van der Waals surface area contributed by atoms with Gasteiger partial charge in [0.1, 0.15) is 11.5 Å². The maximum atomic E-state index is 11.1. The fraction of sp³-hybridized carbons (Fsp3) is 0.611. The van der Waals surface area contributed by atoms with E-state index in [1.54, 1.807) is 21.3 Å². The van der Waals surface area contributed by atoms with Gasteiger partial charge in [0, 0.05) is 63.2 Å². The Balaban J connectivity index is 0.00000420. The minimum Gasteiger partial charge on any atom is -0.497 e. The number of guanidine groups is 1. The number of nitrogens with zero attached hydrogens (tertiary/aromatic N) is 2. The molecule has 9 nitrogen and oxygen atoms in total. The SMILES string of the molecule is CN=C(NCCCNS(C)(=O)=O)NC1CCN(c2cc(OC)cc(OC)c2)C1.I. The first-order valence-electron chi connectivity index (χ1n) is 9.24. The number of anilines is 1. The van der Waals surface area contributed by atoms with Crippen LogP contribution in [0.1, 0.15) is 12.8 Å². The van der Waals surface area contributed by atoms with E-state index in [1.807, 2.05) is 18.2 Å². The molecule has 3 N–H and O–H groups in total. The molecule has 1 saturated heterocycles. The van der Waals surface area contributed by atoms with Crippen LogP contribution in [0.3, 0.4) is 0 Å². The van der Waals surface area contributed by atoms with Crippen LogP contribution >= 0.6 is 24.0 Å². The lowest BCUT2D eigenvalue weighted by Crippen LogP contribution is -2.45. The van der Waals surface area contributed by atoms with Crippen molar-refractivity contribution in [3.8, 4) is 11.5 Å². The van der Waals surface area contributed by atoms with Gasteiger partial charge in [0.15, 0.2) is 5.96 Å². The summed E-state index contributed by atoms with van der Waals surface area (Å²) >= 11 is 0. The summed E-state index contributed by atoms with van der Waals surface area (Å²) in [4.78, 5) is 6.53. The summed E-state index contributed by atoms with van der Waals surface area (Å²) in [5, 5.41) is 6.64. The number of sulfonamides is 1. The molecule has 0 saturated carbocycles. The highest BCUT2D eigenvalue weighted by Crippen LogP contribution is 2.30. The Labute approximate surface area is 190 Å². The van der Waals surface area contributed by atoms with Crippen LogP contribution < -0.4 is 29.7 Å². The van der Waals surface area contributed by atoms with Gasteiger partial charge >= 0.3 is 0 Å². The summed E-state index contributed by atoms with van der Waals surface area (Å²) < 4.78 is 35.3. The number of aliphatic imine (C=N–C) groups is 1. The molecule has 1 aromatic carbocycles. The number of ether oxygens (including phenoxy) is 2. The maximum absolute atomic E-state index is 11.1. The van der Waals surface area contributed by atoms with E-state index >= 15 is 0 Å². The third-order valence-corrected chi connectivity index (χ3v) is 5.19. The zero-order valence-electron chi connectivity index (χ0n) is 17.4. The van der Waals surface area contributed by atoms with Gasteiger partial charge in [-0.2, -0.15) is 0 Å². The van der Waals surface area contributed by atoms with Gasteiger partial charge in [-0.15, -0.1) is 24.0 Å². The van der Waals surface area contributed by atoms with Gasteiger partial charge in [-0.1, -0.05) is 0 Å². The van der Waals surface area contributed by atoms with Gasteiger partial charge in [-0.05, 0) is 12.8 Å². The Kier molecular flexibility index (Phi) is 10.8. The molecule has 0 aromatic heterocycles. The minimum atomic E-state index is -3.14. The van der Waals surface area contributed by atoms with Gasteiger partial charge in [0.25, 0.3) is 0 Å². The Morgan fingerprint density at radius 1 is 1.21 bits per heavy atom. The monoisotopic (exact) mass is 541 g/mol. The van der Waals surface area contributed by atoms with Gasteiger partial charge in [0.2, 0.25) is 10.0 Å². The average Bonchev–Trinajstić information content (AvgIpc) is 3.14. The van der Waals surface area contributed by atoms with E-state index in [9.17, 15) is 8.42 Å². The molecule has 0 radical (unpaired) electrons. The molecular weight excluding hydrogens is 509 g/mol. The van der Waals surface area contributed by atoms with E-state index in [4.69, 9.17) is 9.47 Å². The van der Waals surface area contributed by atoms with E-state index in [2.05, 4.69) is 25.2 Å². The maximum Gasteiger partial charge on any atom is 0.208 e. The van der Waals surface area contributed by atoms with Crippen molar-refractivity contribution in [1.82, 2.24) is 15.4 Å². The lowest BCUT2D eigenvalue weighted by molar-refractivity contribution is 0.394. The van der Waals surface area contributed by atoms with Crippen LogP contribution in [-0.4, -0.2) is 74.1 Å². The van der Waals surface area contributed by atoms with Crippen LogP contribution in [0.5, 0.6) is 11.5 Å². The third-order valence-electron chi connectivity index (χ3n) is 4.46. The van der Waals surface area contributed by atoms with Crippen molar-refractivity contribution in [3.63, 3.8) is 0 Å². The largest absolute Gasteiger partial charge is 0.497 e. The van der Waals surface area contributed by atoms with Crippen LogP contribution in [0, 0.1) is 0 Å². The third kappa shape index (κ3) is 8.83. The molecule has 0 spiro atoms. The van der Waals surface area contributed by atoms with Gasteiger partial charge in [-0.25, -0.2) is 13.1 Å². The fourth-order valence-corrected chi connectivity index (χ4v) is 3.54. The highest BCUT2D eigenvalue weighted by atomic mass is 127. The number of hydrogen-bond acceptors (Lipinski definition) is 6. The van der Waals surface area contributed by atoms with Crippen molar-refractivity contribution < 1.29 is 17.9 Å². The molecule has 0 aliphatic carbocycles. The van der Waals surface area contributed by atoms with Crippen LogP contribution in [0.2, 0.25) is 0 Å². The van der Waals surface area contributed by atoms with Crippen LogP contribution in [0.15, 0.2) is 23.2 Å². The quantitative estimate of drug-likeness (QED) is 0.186. The van der Waals surface area contributed by atoms with E-state index in [1.165, 1.54) is 0 Å². The van der Waals surface area contributed by atoms with E-state index < -0.39 is 10.0 Å². The molecule has 0 amide bonds. The zero-order valence-corrected chi connectivity index (χ0v) is 20.5. The summed E-state index contributed by atoms with van der Waals surface area (Å²) in [6, 6.07) is 6.14. The van der Waals surface area contributed by atoms with Gasteiger partial charge < -0.3 is 25.0 Å². The first-order valence-corrected chi connectivity index (χ1v) is 11.1. The van der Waals surface area contributed by atoms with Crippen molar-refractivity contribution >= 4 is 45.6 Å². The molecule has 166 valence electrons.